The standard InChI is InChI=1S/C30H24N2O4/c1-21-9-11-22(12-10-21)20-27(32-29(34)24-6-3-2-4-7-24)30(35)31-25-15-13-23(14-16-25)28(33)18-17-26-8-5-19-36-26/h2-20H,1H3,(H,31,35)(H,32,34)/b18-17+,27-20-. The molecule has 0 radical (unpaired) electrons. The number of carbonyl (C=O) groups excluding carboxylic acids is 3. The highest BCUT2D eigenvalue weighted by Gasteiger charge is 2.15. The molecule has 6 nitrogen and oxygen atoms in total. The molecule has 0 saturated carbocycles. The maximum Gasteiger partial charge on any atom is 0.272 e. The fraction of sp³-hybridized carbons (Fsp3) is 0.0333. The van der Waals surface area contributed by atoms with Crippen LogP contribution in [0.25, 0.3) is 12.2 Å². The topological polar surface area (TPSA) is 88.4 Å². The number of hydrogen-bond acceptors (Lipinski definition) is 4. The van der Waals surface area contributed by atoms with E-state index in [-0.39, 0.29) is 11.5 Å². The van der Waals surface area contributed by atoms with Crippen molar-refractivity contribution in [2.75, 3.05) is 5.32 Å². The fourth-order valence-electron chi connectivity index (χ4n) is 3.33. The second-order valence-electron chi connectivity index (χ2n) is 8.03. The number of ketones is 1. The van der Waals surface area contributed by atoms with Crippen molar-refractivity contribution >= 4 is 35.4 Å². The number of allylic oxidation sites excluding steroid dienone is 1. The molecule has 36 heavy (non-hydrogen) atoms. The van der Waals surface area contributed by atoms with Gasteiger partial charge < -0.3 is 15.1 Å². The van der Waals surface area contributed by atoms with Crippen LogP contribution in [-0.4, -0.2) is 17.6 Å². The van der Waals surface area contributed by atoms with Crippen molar-refractivity contribution in [3.63, 3.8) is 0 Å². The molecule has 0 spiro atoms. The number of rotatable bonds is 8. The second kappa shape index (κ2) is 11.4. The molecule has 0 aliphatic heterocycles. The third-order valence-corrected chi connectivity index (χ3v) is 5.29. The summed E-state index contributed by atoms with van der Waals surface area (Å²) in [4.78, 5) is 38.3. The first-order valence-electron chi connectivity index (χ1n) is 11.3. The van der Waals surface area contributed by atoms with Gasteiger partial charge in [0.15, 0.2) is 5.78 Å². The molecule has 0 aliphatic rings. The van der Waals surface area contributed by atoms with Crippen LogP contribution in [0.15, 0.2) is 113 Å². The van der Waals surface area contributed by atoms with E-state index in [9.17, 15) is 14.4 Å². The molecule has 2 N–H and O–H groups in total. The van der Waals surface area contributed by atoms with Crippen molar-refractivity contribution in [1.29, 1.82) is 0 Å². The third kappa shape index (κ3) is 6.55. The minimum absolute atomic E-state index is 0.0919. The lowest BCUT2D eigenvalue weighted by molar-refractivity contribution is -0.113. The van der Waals surface area contributed by atoms with E-state index in [0.717, 1.165) is 11.1 Å². The number of furan rings is 1. The van der Waals surface area contributed by atoms with Gasteiger partial charge in [0, 0.05) is 16.8 Å². The Bertz CT molecular complexity index is 1400. The lowest BCUT2D eigenvalue weighted by Crippen LogP contribution is -2.30. The zero-order valence-corrected chi connectivity index (χ0v) is 19.6. The van der Waals surface area contributed by atoms with Crippen molar-refractivity contribution < 1.29 is 18.8 Å². The molecule has 3 aromatic carbocycles. The number of amides is 2. The highest BCUT2D eigenvalue weighted by atomic mass is 16.3. The summed E-state index contributed by atoms with van der Waals surface area (Å²) in [7, 11) is 0. The van der Waals surface area contributed by atoms with E-state index in [4.69, 9.17) is 4.42 Å². The fourth-order valence-corrected chi connectivity index (χ4v) is 3.33. The first-order valence-corrected chi connectivity index (χ1v) is 11.3. The molecule has 0 bridgehead atoms. The van der Waals surface area contributed by atoms with Crippen molar-refractivity contribution in [3.8, 4) is 0 Å². The summed E-state index contributed by atoms with van der Waals surface area (Å²) in [5.74, 6) is -0.498. The van der Waals surface area contributed by atoms with Crippen molar-refractivity contribution in [2.24, 2.45) is 0 Å². The molecule has 0 unspecified atom stereocenters. The van der Waals surface area contributed by atoms with E-state index in [2.05, 4.69) is 10.6 Å². The van der Waals surface area contributed by atoms with Crippen LogP contribution in [0.3, 0.4) is 0 Å². The van der Waals surface area contributed by atoms with Gasteiger partial charge in [-0.2, -0.15) is 0 Å². The Balaban J connectivity index is 1.50. The zero-order valence-electron chi connectivity index (χ0n) is 19.6. The number of carbonyl (C=O) groups is 3. The Morgan fingerprint density at radius 1 is 0.778 bits per heavy atom. The minimum atomic E-state index is -0.489. The SMILES string of the molecule is Cc1ccc(/C=C(\NC(=O)c2ccccc2)C(=O)Nc2ccc(C(=O)/C=C/c3ccco3)cc2)cc1. The molecule has 0 atom stereocenters. The molecule has 0 aliphatic carbocycles. The highest BCUT2D eigenvalue weighted by molar-refractivity contribution is 6.11. The number of aryl methyl sites for hydroxylation is 1. The second-order valence-corrected chi connectivity index (χ2v) is 8.03. The van der Waals surface area contributed by atoms with Crippen molar-refractivity contribution in [2.45, 2.75) is 6.92 Å². The maximum absolute atomic E-state index is 13.1. The van der Waals surface area contributed by atoms with Gasteiger partial charge in [0.25, 0.3) is 11.8 Å². The van der Waals surface area contributed by atoms with Crippen LogP contribution in [0.2, 0.25) is 0 Å². The molecule has 4 aromatic rings. The van der Waals surface area contributed by atoms with Crippen LogP contribution in [0.4, 0.5) is 5.69 Å². The van der Waals surface area contributed by atoms with Gasteiger partial charge in [-0.3, -0.25) is 14.4 Å². The lowest BCUT2D eigenvalue weighted by Gasteiger charge is -2.12. The Labute approximate surface area is 209 Å². The van der Waals surface area contributed by atoms with Crippen molar-refractivity contribution in [3.05, 3.63) is 137 Å². The predicted molar refractivity (Wildman–Crippen MR) is 140 cm³/mol. The molecule has 0 fully saturated rings. The van der Waals surface area contributed by atoms with Crippen LogP contribution in [-0.2, 0) is 4.79 Å². The summed E-state index contributed by atoms with van der Waals surface area (Å²) < 4.78 is 5.19. The molecule has 6 heteroatoms. The van der Waals surface area contributed by atoms with Crippen LogP contribution in [0.5, 0.6) is 0 Å². The Hall–Kier alpha value is -4.97. The van der Waals surface area contributed by atoms with E-state index in [0.29, 0.717) is 22.6 Å². The number of hydrogen-bond donors (Lipinski definition) is 2. The summed E-state index contributed by atoms with van der Waals surface area (Å²) in [6, 6.07) is 26.3. The van der Waals surface area contributed by atoms with E-state index >= 15 is 0 Å². The quantitative estimate of drug-likeness (QED) is 0.245. The largest absolute Gasteiger partial charge is 0.465 e. The Kier molecular flexibility index (Phi) is 7.68. The van der Waals surface area contributed by atoms with E-state index < -0.39 is 11.8 Å². The number of benzene rings is 3. The number of nitrogens with one attached hydrogen (secondary N) is 2. The summed E-state index contributed by atoms with van der Waals surface area (Å²) in [5.41, 5.74) is 3.32. The van der Waals surface area contributed by atoms with E-state index in [1.54, 1.807) is 72.8 Å². The Morgan fingerprint density at radius 2 is 1.50 bits per heavy atom. The first-order chi connectivity index (χ1) is 17.5. The van der Waals surface area contributed by atoms with Gasteiger partial charge in [0.05, 0.1) is 6.26 Å². The molecule has 1 aromatic heterocycles. The number of anilines is 1. The highest BCUT2D eigenvalue weighted by Crippen LogP contribution is 2.15. The van der Waals surface area contributed by atoms with Crippen LogP contribution in [0, 0.1) is 6.92 Å². The molecular weight excluding hydrogens is 452 g/mol. The minimum Gasteiger partial charge on any atom is -0.465 e. The molecular formula is C30H24N2O4. The predicted octanol–water partition coefficient (Wildman–Crippen LogP) is 5.89. The summed E-state index contributed by atoms with van der Waals surface area (Å²) >= 11 is 0. The molecule has 1 heterocycles. The molecule has 2 amide bonds. The molecule has 0 saturated heterocycles. The van der Waals surface area contributed by atoms with Gasteiger partial charge in [0.2, 0.25) is 0 Å². The summed E-state index contributed by atoms with van der Waals surface area (Å²) in [6.45, 7) is 1.97. The van der Waals surface area contributed by atoms with E-state index in [1.807, 2.05) is 37.3 Å². The average molecular weight is 477 g/mol. The monoisotopic (exact) mass is 476 g/mol. The Morgan fingerprint density at radius 3 is 2.17 bits per heavy atom. The molecule has 178 valence electrons. The normalized spacial score (nSPS) is 11.3. The van der Waals surface area contributed by atoms with Gasteiger partial charge in [-0.05, 0) is 79.2 Å². The van der Waals surface area contributed by atoms with E-state index in [1.165, 1.54) is 12.3 Å². The summed E-state index contributed by atoms with van der Waals surface area (Å²) in [5, 5.41) is 5.50. The van der Waals surface area contributed by atoms with Crippen LogP contribution < -0.4 is 10.6 Å². The van der Waals surface area contributed by atoms with Gasteiger partial charge in [-0.15, -0.1) is 0 Å². The maximum atomic E-state index is 13.1. The van der Waals surface area contributed by atoms with Crippen molar-refractivity contribution in [1.82, 2.24) is 5.32 Å². The van der Waals surface area contributed by atoms with Gasteiger partial charge in [0.1, 0.15) is 11.5 Å². The molecule has 4 rings (SSSR count). The van der Waals surface area contributed by atoms with Gasteiger partial charge in [-0.1, -0.05) is 48.0 Å². The van der Waals surface area contributed by atoms with Crippen LogP contribution in [0.1, 0.15) is 37.6 Å². The van der Waals surface area contributed by atoms with Gasteiger partial charge >= 0.3 is 0 Å². The smallest absolute Gasteiger partial charge is 0.272 e. The average Bonchev–Trinajstić information content (AvgIpc) is 3.43. The third-order valence-electron chi connectivity index (χ3n) is 5.29. The van der Waals surface area contributed by atoms with Gasteiger partial charge in [-0.25, -0.2) is 0 Å². The summed E-state index contributed by atoms with van der Waals surface area (Å²) in [6.07, 6.45) is 6.17. The first kappa shape index (κ1) is 24.2. The van der Waals surface area contributed by atoms with Crippen LogP contribution >= 0.6 is 0 Å². The lowest BCUT2D eigenvalue weighted by atomic mass is 10.1. The zero-order chi connectivity index (χ0) is 25.3.